The summed E-state index contributed by atoms with van der Waals surface area (Å²) in [5.74, 6) is 0.910. The molecule has 2 aromatic rings. The summed E-state index contributed by atoms with van der Waals surface area (Å²) >= 11 is 0. The van der Waals surface area contributed by atoms with E-state index in [1.165, 1.54) is 5.56 Å². The van der Waals surface area contributed by atoms with Gasteiger partial charge in [-0.15, -0.1) is 0 Å². The highest BCUT2D eigenvalue weighted by Gasteiger charge is 2.12. The quantitative estimate of drug-likeness (QED) is 0.804. The number of ether oxygens (including phenoxy) is 2. The number of rotatable bonds is 8. The molecule has 0 aliphatic carbocycles. The van der Waals surface area contributed by atoms with Gasteiger partial charge in [-0.2, -0.15) is 0 Å². The first-order valence-electron chi connectivity index (χ1n) is 7.33. The van der Waals surface area contributed by atoms with E-state index in [2.05, 4.69) is 35.6 Å². The lowest BCUT2D eigenvalue weighted by Crippen LogP contribution is -2.25. The molecule has 0 unspecified atom stereocenters. The molecule has 0 heterocycles. The Kier molecular flexibility index (Phi) is 6.25. The third-order valence-electron chi connectivity index (χ3n) is 3.42. The van der Waals surface area contributed by atoms with E-state index in [0.29, 0.717) is 6.61 Å². The largest absolute Gasteiger partial charge is 0.496 e. The summed E-state index contributed by atoms with van der Waals surface area (Å²) in [6.45, 7) is 4.15. The minimum Gasteiger partial charge on any atom is -0.496 e. The van der Waals surface area contributed by atoms with Crippen LogP contribution >= 0.6 is 0 Å². The van der Waals surface area contributed by atoms with Crippen LogP contribution in [0.5, 0.6) is 5.75 Å². The molecule has 1 atom stereocenters. The van der Waals surface area contributed by atoms with Crippen LogP contribution in [0.4, 0.5) is 0 Å². The third-order valence-corrected chi connectivity index (χ3v) is 3.42. The fraction of sp³-hybridized carbons (Fsp3) is 0.333. The lowest BCUT2D eigenvalue weighted by atomic mass is 10.1. The maximum absolute atomic E-state index is 5.60. The lowest BCUT2D eigenvalue weighted by Gasteiger charge is -2.20. The molecule has 0 radical (unpaired) electrons. The van der Waals surface area contributed by atoms with Gasteiger partial charge >= 0.3 is 0 Å². The molecule has 0 aliphatic heterocycles. The molecule has 2 aromatic carbocycles. The van der Waals surface area contributed by atoms with Gasteiger partial charge in [-0.05, 0) is 18.6 Å². The smallest absolute Gasteiger partial charge is 0.123 e. The van der Waals surface area contributed by atoms with Crippen molar-refractivity contribution in [3.8, 4) is 5.75 Å². The van der Waals surface area contributed by atoms with Gasteiger partial charge in [-0.25, -0.2) is 0 Å². The summed E-state index contributed by atoms with van der Waals surface area (Å²) < 4.78 is 11.0. The van der Waals surface area contributed by atoms with Crippen molar-refractivity contribution in [2.75, 3.05) is 20.3 Å². The monoisotopic (exact) mass is 285 g/mol. The zero-order valence-corrected chi connectivity index (χ0v) is 12.7. The number of hydrogen-bond acceptors (Lipinski definition) is 3. The van der Waals surface area contributed by atoms with Crippen LogP contribution < -0.4 is 10.1 Å². The van der Waals surface area contributed by atoms with Crippen molar-refractivity contribution in [2.24, 2.45) is 0 Å². The van der Waals surface area contributed by atoms with Crippen molar-refractivity contribution in [1.82, 2.24) is 5.32 Å². The molecule has 0 aromatic heterocycles. The van der Waals surface area contributed by atoms with Crippen LogP contribution in [0.3, 0.4) is 0 Å². The average Bonchev–Trinajstić information content (AvgIpc) is 2.56. The number of benzene rings is 2. The fourth-order valence-electron chi connectivity index (χ4n) is 2.28. The van der Waals surface area contributed by atoms with Gasteiger partial charge < -0.3 is 14.8 Å². The van der Waals surface area contributed by atoms with E-state index in [0.717, 1.165) is 24.5 Å². The first kappa shape index (κ1) is 15.5. The van der Waals surface area contributed by atoms with Gasteiger partial charge in [0.2, 0.25) is 0 Å². The summed E-state index contributed by atoms with van der Waals surface area (Å²) in [5, 5.41) is 3.56. The Morgan fingerprint density at radius 1 is 1.00 bits per heavy atom. The van der Waals surface area contributed by atoms with E-state index in [-0.39, 0.29) is 6.04 Å². The van der Waals surface area contributed by atoms with E-state index >= 15 is 0 Å². The second kappa shape index (κ2) is 8.45. The molecular formula is C18H23NO2. The van der Waals surface area contributed by atoms with E-state index in [4.69, 9.17) is 9.47 Å². The second-order valence-electron chi connectivity index (χ2n) is 4.82. The molecule has 3 heteroatoms. The van der Waals surface area contributed by atoms with Crippen LogP contribution in [0, 0.1) is 0 Å². The van der Waals surface area contributed by atoms with Gasteiger partial charge in [0, 0.05) is 18.7 Å². The molecule has 0 amide bonds. The van der Waals surface area contributed by atoms with Gasteiger partial charge in [0.25, 0.3) is 0 Å². The topological polar surface area (TPSA) is 30.5 Å². The van der Waals surface area contributed by atoms with Gasteiger partial charge in [0.05, 0.1) is 19.8 Å². The predicted molar refractivity (Wildman–Crippen MR) is 85.5 cm³/mol. The highest BCUT2D eigenvalue weighted by molar-refractivity contribution is 5.33. The van der Waals surface area contributed by atoms with Crippen molar-refractivity contribution in [1.29, 1.82) is 0 Å². The minimum absolute atomic E-state index is 0.177. The SMILES string of the molecule is CCOC[C@H](NCc1ccccc1OC)c1ccccc1. The lowest BCUT2D eigenvalue weighted by molar-refractivity contribution is 0.122. The van der Waals surface area contributed by atoms with Crippen molar-refractivity contribution < 1.29 is 9.47 Å². The Morgan fingerprint density at radius 2 is 1.71 bits per heavy atom. The normalized spacial score (nSPS) is 12.1. The first-order chi connectivity index (χ1) is 10.3. The van der Waals surface area contributed by atoms with Crippen molar-refractivity contribution in [2.45, 2.75) is 19.5 Å². The standard InChI is InChI=1S/C18H23NO2/c1-3-21-14-17(15-9-5-4-6-10-15)19-13-16-11-7-8-12-18(16)20-2/h4-12,17,19H,3,13-14H2,1-2H3/t17-/m0/s1. The molecule has 112 valence electrons. The summed E-state index contributed by atoms with van der Waals surface area (Å²) in [6, 6.07) is 18.6. The van der Waals surface area contributed by atoms with Crippen molar-refractivity contribution in [3.63, 3.8) is 0 Å². The van der Waals surface area contributed by atoms with Crippen LogP contribution in [-0.2, 0) is 11.3 Å². The van der Waals surface area contributed by atoms with Crippen molar-refractivity contribution >= 4 is 0 Å². The van der Waals surface area contributed by atoms with Crippen molar-refractivity contribution in [3.05, 3.63) is 65.7 Å². The summed E-state index contributed by atoms with van der Waals surface area (Å²) in [5.41, 5.74) is 2.39. The molecule has 21 heavy (non-hydrogen) atoms. The second-order valence-corrected chi connectivity index (χ2v) is 4.82. The highest BCUT2D eigenvalue weighted by Crippen LogP contribution is 2.19. The molecule has 1 N–H and O–H groups in total. The maximum atomic E-state index is 5.60. The highest BCUT2D eigenvalue weighted by atomic mass is 16.5. The van der Waals surface area contributed by atoms with Gasteiger partial charge in [-0.1, -0.05) is 48.5 Å². The number of nitrogens with one attached hydrogen (secondary N) is 1. The van der Waals surface area contributed by atoms with E-state index in [1.807, 2.05) is 31.2 Å². The number of para-hydroxylation sites is 1. The van der Waals surface area contributed by atoms with Gasteiger partial charge in [-0.3, -0.25) is 0 Å². The minimum atomic E-state index is 0.177. The summed E-state index contributed by atoms with van der Waals surface area (Å²) in [4.78, 5) is 0. The van der Waals surface area contributed by atoms with E-state index in [1.54, 1.807) is 7.11 Å². The Morgan fingerprint density at radius 3 is 2.43 bits per heavy atom. The first-order valence-corrected chi connectivity index (χ1v) is 7.33. The number of methoxy groups -OCH3 is 1. The summed E-state index contributed by atoms with van der Waals surface area (Å²) in [6.07, 6.45) is 0. The fourth-order valence-corrected chi connectivity index (χ4v) is 2.28. The molecule has 0 aliphatic rings. The van der Waals surface area contributed by atoms with Crippen LogP contribution in [0.1, 0.15) is 24.1 Å². The van der Waals surface area contributed by atoms with Crippen LogP contribution in [-0.4, -0.2) is 20.3 Å². The molecule has 0 fully saturated rings. The molecular weight excluding hydrogens is 262 g/mol. The molecule has 0 spiro atoms. The van der Waals surface area contributed by atoms with E-state index < -0.39 is 0 Å². The molecule has 0 saturated heterocycles. The molecule has 0 saturated carbocycles. The zero-order valence-electron chi connectivity index (χ0n) is 12.7. The van der Waals surface area contributed by atoms with E-state index in [9.17, 15) is 0 Å². The van der Waals surface area contributed by atoms with Gasteiger partial charge in [0.15, 0.2) is 0 Å². The van der Waals surface area contributed by atoms with Crippen LogP contribution in [0.2, 0.25) is 0 Å². The summed E-state index contributed by atoms with van der Waals surface area (Å²) in [7, 11) is 1.70. The number of hydrogen-bond donors (Lipinski definition) is 1. The molecule has 0 bridgehead atoms. The Bertz CT molecular complexity index is 528. The maximum Gasteiger partial charge on any atom is 0.123 e. The molecule has 2 rings (SSSR count). The predicted octanol–water partition coefficient (Wildman–Crippen LogP) is 3.56. The van der Waals surface area contributed by atoms with Crippen LogP contribution in [0.25, 0.3) is 0 Å². The Labute approximate surface area is 126 Å². The van der Waals surface area contributed by atoms with Crippen LogP contribution in [0.15, 0.2) is 54.6 Å². The average molecular weight is 285 g/mol. The van der Waals surface area contributed by atoms with Gasteiger partial charge in [0.1, 0.15) is 5.75 Å². The Hall–Kier alpha value is -1.84. The Balaban J connectivity index is 2.05. The molecule has 3 nitrogen and oxygen atoms in total. The third kappa shape index (κ3) is 4.59. The zero-order chi connectivity index (χ0) is 14.9.